The Hall–Kier alpha value is -0.570. The van der Waals surface area contributed by atoms with Gasteiger partial charge in [-0.2, -0.15) is 0 Å². The maximum atomic E-state index is 4.35. The van der Waals surface area contributed by atoms with Gasteiger partial charge < -0.3 is 5.32 Å². The number of hydrogen-bond acceptors (Lipinski definition) is 3. The second-order valence-corrected chi connectivity index (χ2v) is 3.33. The molecule has 0 radical (unpaired) electrons. The number of anilines is 1. The fraction of sp³-hybridized carbons (Fsp3) is 0.571. The molecule has 1 heterocycles. The molecule has 10 heavy (non-hydrogen) atoms. The maximum absolute atomic E-state index is 4.35. The van der Waals surface area contributed by atoms with E-state index in [1.807, 2.05) is 7.05 Å². The molecular formula is C7H12N2S. The van der Waals surface area contributed by atoms with Crippen molar-refractivity contribution in [1.82, 2.24) is 4.98 Å². The maximum Gasteiger partial charge on any atom is 0.182 e. The quantitative estimate of drug-likeness (QED) is 0.709. The lowest BCUT2D eigenvalue weighted by atomic mass is 10.3. The molecule has 56 valence electrons. The summed E-state index contributed by atoms with van der Waals surface area (Å²) in [5, 5.41) is 4.05. The Kier molecular flexibility index (Phi) is 2.27. The predicted octanol–water partition coefficient (Wildman–Crippen LogP) is 2.06. The molecule has 1 aromatic rings. The van der Waals surface area contributed by atoms with Crippen molar-refractivity contribution in [2.24, 2.45) is 0 Å². The molecule has 1 aromatic heterocycles. The Bertz CT molecular complexity index is 217. The summed E-state index contributed by atoms with van der Waals surface area (Å²) in [7, 11) is 1.90. The molecule has 0 amide bonds. The van der Waals surface area contributed by atoms with E-state index < -0.39 is 0 Å². The monoisotopic (exact) mass is 156 g/mol. The summed E-state index contributed by atoms with van der Waals surface area (Å²) >= 11 is 1.72. The Morgan fingerprint density at radius 1 is 1.60 bits per heavy atom. The molecule has 0 spiro atoms. The van der Waals surface area contributed by atoms with Crippen molar-refractivity contribution in [3.63, 3.8) is 0 Å². The smallest absolute Gasteiger partial charge is 0.182 e. The molecule has 0 aliphatic heterocycles. The molecule has 1 N–H and O–H groups in total. The minimum absolute atomic E-state index is 1.02. The fourth-order valence-corrected chi connectivity index (χ4v) is 1.72. The molecule has 3 heteroatoms. The molecule has 0 unspecified atom stereocenters. The SMILES string of the molecule is CCc1nc(NC)sc1C. The van der Waals surface area contributed by atoms with E-state index in [4.69, 9.17) is 0 Å². The van der Waals surface area contributed by atoms with Crippen LogP contribution in [0, 0.1) is 6.92 Å². The van der Waals surface area contributed by atoms with E-state index in [9.17, 15) is 0 Å². The van der Waals surface area contributed by atoms with Crippen LogP contribution in [0.1, 0.15) is 17.5 Å². The molecule has 0 aliphatic rings. The first-order chi connectivity index (χ1) is 4.77. The number of aromatic nitrogens is 1. The molecular weight excluding hydrogens is 144 g/mol. The molecule has 0 saturated carbocycles. The van der Waals surface area contributed by atoms with Crippen molar-refractivity contribution in [3.8, 4) is 0 Å². The van der Waals surface area contributed by atoms with Crippen LogP contribution in [-0.2, 0) is 6.42 Å². The first-order valence-electron chi connectivity index (χ1n) is 3.42. The number of nitrogens with zero attached hydrogens (tertiary/aromatic N) is 1. The van der Waals surface area contributed by atoms with Gasteiger partial charge in [0.2, 0.25) is 0 Å². The van der Waals surface area contributed by atoms with Crippen molar-refractivity contribution in [2.45, 2.75) is 20.3 Å². The van der Waals surface area contributed by atoms with Crippen molar-refractivity contribution in [3.05, 3.63) is 10.6 Å². The molecule has 0 fully saturated rings. The van der Waals surface area contributed by atoms with Crippen LogP contribution in [0.15, 0.2) is 0 Å². The summed E-state index contributed by atoms with van der Waals surface area (Å²) in [6.45, 7) is 4.23. The molecule has 0 aromatic carbocycles. The average Bonchev–Trinajstić information content (AvgIpc) is 2.30. The van der Waals surface area contributed by atoms with E-state index in [0.717, 1.165) is 11.6 Å². The summed E-state index contributed by atoms with van der Waals surface area (Å²) in [5.74, 6) is 0. The van der Waals surface area contributed by atoms with Crippen LogP contribution < -0.4 is 5.32 Å². The summed E-state index contributed by atoms with van der Waals surface area (Å²) < 4.78 is 0. The van der Waals surface area contributed by atoms with Crippen LogP contribution in [-0.4, -0.2) is 12.0 Å². The zero-order valence-corrected chi connectivity index (χ0v) is 7.38. The summed E-state index contributed by atoms with van der Waals surface area (Å²) in [5.41, 5.74) is 1.22. The Labute approximate surface area is 65.3 Å². The average molecular weight is 156 g/mol. The highest BCUT2D eigenvalue weighted by Gasteiger charge is 2.02. The van der Waals surface area contributed by atoms with Gasteiger partial charge in [-0.05, 0) is 13.3 Å². The van der Waals surface area contributed by atoms with Crippen molar-refractivity contribution in [2.75, 3.05) is 12.4 Å². The van der Waals surface area contributed by atoms with E-state index in [1.165, 1.54) is 10.6 Å². The number of hydrogen-bond donors (Lipinski definition) is 1. The zero-order chi connectivity index (χ0) is 7.56. The normalized spacial score (nSPS) is 9.90. The summed E-state index contributed by atoms with van der Waals surface area (Å²) in [4.78, 5) is 5.68. The first-order valence-corrected chi connectivity index (χ1v) is 4.23. The largest absolute Gasteiger partial charge is 0.365 e. The Morgan fingerprint density at radius 3 is 2.60 bits per heavy atom. The molecule has 0 saturated heterocycles. The van der Waals surface area contributed by atoms with Gasteiger partial charge in [0, 0.05) is 11.9 Å². The van der Waals surface area contributed by atoms with E-state index in [1.54, 1.807) is 11.3 Å². The van der Waals surface area contributed by atoms with Crippen molar-refractivity contribution < 1.29 is 0 Å². The number of rotatable bonds is 2. The van der Waals surface area contributed by atoms with E-state index >= 15 is 0 Å². The summed E-state index contributed by atoms with van der Waals surface area (Å²) in [6.07, 6.45) is 1.03. The van der Waals surface area contributed by atoms with Gasteiger partial charge in [0.25, 0.3) is 0 Å². The topological polar surface area (TPSA) is 24.9 Å². The van der Waals surface area contributed by atoms with Gasteiger partial charge in [-0.1, -0.05) is 6.92 Å². The van der Waals surface area contributed by atoms with Crippen LogP contribution in [0.4, 0.5) is 5.13 Å². The first kappa shape index (κ1) is 7.54. The lowest BCUT2D eigenvalue weighted by molar-refractivity contribution is 1.04. The van der Waals surface area contributed by atoms with Gasteiger partial charge in [-0.15, -0.1) is 11.3 Å². The second kappa shape index (κ2) is 3.01. The lowest BCUT2D eigenvalue weighted by Gasteiger charge is -1.87. The number of thiazole rings is 1. The fourth-order valence-electron chi connectivity index (χ4n) is 0.863. The highest BCUT2D eigenvalue weighted by atomic mass is 32.1. The van der Waals surface area contributed by atoms with Gasteiger partial charge in [-0.3, -0.25) is 0 Å². The highest BCUT2D eigenvalue weighted by Crippen LogP contribution is 2.21. The van der Waals surface area contributed by atoms with Crippen LogP contribution in [0.2, 0.25) is 0 Å². The van der Waals surface area contributed by atoms with Crippen molar-refractivity contribution in [1.29, 1.82) is 0 Å². The third-order valence-electron chi connectivity index (χ3n) is 1.44. The van der Waals surface area contributed by atoms with Crippen LogP contribution >= 0.6 is 11.3 Å². The highest BCUT2D eigenvalue weighted by molar-refractivity contribution is 7.15. The van der Waals surface area contributed by atoms with Gasteiger partial charge in [0.15, 0.2) is 5.13 Å². The van der Waals surface area contributed by atoms with Crippen LogP contribution in [0.5, 0.6) is 0 Å². The number of aryl methyl sites for hydroxylation is 2. The minimum atomic E-state index is 1.02. The third kappa shape index (κ3) is 1.29. The van der Waals surface area contributed by atoms with Gasteiger partial charge >= 0.3 is 0 Å². The standard InChI is InChI=1S/C7H12N2S/c1-4-6-5(2)10-7(8-3)9-6/h4H2,1-3H3,(H,8,9). The van der Waals surface area contributed by atoms with Gasteiger partial charge in [-0.25, -0.2) is 4.98 Å². The minimum Gasteiger partial charge on any atom is -0.365 e. The molecule has 0 atom stereocenters. The Balaban J connectivity index is 2.92. The van der Waals surface area contributed by atoms with E-state index in [0.29, 0.717) is 0 Å². The summed E-state index contributed by atoms with van der Waals surface area (Å²) in [6, 6.07) is 0. The Morgan fingerprint density at radius 2 is 2.30 bits per heavy atom. The van der Waals surface area contributed by atoms with Crippen molar-refractivity contribution >= 4 is 16.5 Å². The van der Waals surface area contributed by atoms with E-state index in [-0.39, 0.29) is 0 Å². The molecule has 0 bridgehead atoms. The number of nitrogens with one attached hydrogen (secondary N) is 1. The third-order valence-corrected chi connectivity index (χ3v) is 2.47. The van der Waals surface area contributed by atoms with Gasteiger partial charge in [0.1, 0.15) is 0 Å². The predicted molar refractivity (Wildman–Crippen MR) is 45.8 cm³/mol. The van der Waals surface area contributed by atoms with Crippen LogP contribution in [0.3, 0.4) is 0 Å². The van der Waals surface area contributed by atoms with Crippen LogP contribution in [0.25, 0.3) is 0 Å². The molecule has 1 rings (SSSR count). The zero-order valence-electron chi connectivity index (χ0n) is 6.56. The molecule has 0 aliphatic carbocycles. The second-order valence-electron chi connectivity index (χ2n) is 2.13. The lowest BCUT2D eigenvalue weighted by Crippen LogP contribution is -1.87. The van der Waals surface area contributed by atoms with Gasteiger partial charge in [0.05, 0.1) is 5.69 Å². The molecule has 2 nitrogen and oxygen atoms in total. The van der Waals surface area contributed by atoms with E-state index in [2.05, 4.69) is 24.1 Å².